The minimum absolute atomic E-state index is 0.186. The number of rotatable bonds is 3. The molecule has 2 aromatic carbocycles. The van der Waals surface area contributed by atoms with E-state index in [0.717, 1.165) is 10.5 Å². The number of para-hydroxylation sites is 1. The lowest BCUT2D eigenvalue weighted by Crippen LogP contribution is -2.54. The maximum atomic E-state index is 12.8. The van der Waals surface area contributed by atoms with Crippen LogP contribution >= 0.6 is 11.6 Å². The van der Waals surface area contributed by atoms with E-state index in [1.165, 1.54) is 31.4 Å². The molecule has 0 radical (unpaired) electrons. The highest BCUT2D eigenvalue weighted by Gasteiger charge is 2.37. The number of barbiturate groups is 1. The molecular weight excluding hydrogens is 372 g/mol. The number of halogens is 1. The molecule has 0 aliphatic carbocycles. The van der Waals surface area contributed by atoms with Crippen molar-refractivity contribution in [2.45, 2.75) is 6.92 Å². The second-order valence-electron chi connectivity index (χ2n) is 5.79. The Hall–Kier alpha value is -3.32. The molecule has 1 aliphatic heterocycles. The van der Waals surface area contributed by atoms with Crippen molar-refractivity contribution in [3.63, 3.8) is 0 Å². The van der Waals surface area contributed by atoms with Gasteiger partial charge in [0.25, 0.3) is 11.8 Å². The number of aromatic hydroxyl groups is 1. The molecule has 138 valence electrons. The first kappa shape index (κ1) is 18.5. The average Bonchev–Trinajstić information content (AvgIpc) is 2.62. The van der Waals surface area contributed by atoms with E-state index in [-0.39, 0.29) is 28.3 Å². The number of phenolic OH excluding ortho intramolecular Hbond substituents is 1. The predicted molar refractivity (Wildman–Crippen MR) is 99.8 cm³/mol. The lowest BCUT2D eigenvalue weighted by atomic mass is 10.1. The number of hydrogen-bond acceptors (Lipinski definition) is 5. The highest BCUT2D eigenvalue weighted by molar-refractivity contribution is 6.39. The van der Waals surface area contributed by atoms with Crippen molar-refractivity contribution < 1.29 is 24.2 Å². The number of urea groups is 1. The van der Waals surface area contributed by atoms with Crippen LogP contribution in [0.2, 0.25) is 5.02 Å². The van der Waals surface area contributed by atoms with Gasteiger partial charge in [-0.2, -0.15) is 0 Å². The highest BCUT2D eigenvalue weighted by Crippen LogP contribution is 2.32. The summed E-state index contributed by atoms with van der Waals surface area (Å²) >= 11 is 6.08. The second-order valence-corrected chi connectivity index (χ2v) is 6.20. The molecule has 1 fully saturated rings. The smallest absolute Gasteiger partial charge is 0.335 e. The molecule has 0 aromatic heterocycles. The molecule has 1 saturated heterocycles. The lowest BCUT2D eigenvalue weighted by molar-refractivity contribution is -0.122. The van der Waals surface area contributed by atoms with Crippen molar-refractivity contribution in [2.75, 3.05) is 12.0 Å². The zero-order valence-corrected chi connectivity index (χ0v) is 15.2. The van der Waals surface area contributed by atoms with Gasteiger partial charge in [-0.1, -0.05) is 29.8 Å². The Balaban J connectivity index is 2.06. The van der Waals surface area contributed by atoms with Crippen molar-refractivity contribution in [1.29, 1.82) is 0 Å². The minimum atomic E-state index is -0.878. The number of ether oxygens (including phenoxy) is 1. The number of benzene rings is 2. The van der Waals surface area contributed by atoms with Crippen LogP contribution in [0.5, 0.6) is 11.5 Å². The topological polar surface area (TPSA) is 95.9 Å². The van der Waals surface area contributed by atoms with Gasteiger partial charge in [0.2, 0.25) is 0 Å². The fraction of sp³-hybridized carbons (Fsp3) is 0.105. The summed E-state index contributed by atoms with van der Waals surface area (Å²) in [7, 11) is 1.38. The number of amides is 4. The fourth-order valence-corrected chi connectivity index (χ4v) is 2.76. The quantitative estimate of drug-likeness (QED) is 0.624. The number of nitrogens with one attached hydrogen (secondary N) is 1. The van der Waals surface area contributed by atoms with E-state index in [2.05, 4.69) is 5.32 Å². The number of methoxy groups -OCH3 is 1. The third-order valence-corrected chi connectivity index (χ3v) is 4.47. The summed E-state index contributed by atoms with van der Waals surface area (Å²) in [5.74, 6) is -1.73. The normalized spacial score (nSPS) is 15.9. The first-order chi connectivity index (χ1) is 12.8. The summed E-state index contributed by atoms with van der Waals surface area (Å²) in [6.07, 6.45) is 1.20. The van der Waals surface area contributed by atoms with Gasteiger partial charge in [-0.15, -0.1) is 0 Å². The Morgan fingerprint density at radius 1 is 1.19 bits per heavy atom. The molecule has 3 rings (SSSR count). The van der Waals surface area contributed by atoms with Gasteiger partial charge in [0.1, 0.15) is 5.57 Å². The number of nitrogens with zero attached hydrogens (tertiary/aromatic N) is 1. The Labute approximate surface area is 159 Å². The molecule has 0 unspecified atom stereocenters. The number of anilines is 1. The van der Waals surface area contributed by atoms with E-state index in [1.807, 2.05) is 0 Å². The number of carbonyl (C=O) groups is 3. The maximum Gasteiger partial charge on any atom is 0.335 e. The van der Waals surface area contributed by atoms with Crippen LogP contribution in [0.25, 0.3) is 6.08 Å². The van der Waals surface area contributed by atoms with E-state index < -0.39 is 17.8 Å². The van der Waals surface area contributed by atoms with Crippen LogP contribution in [-0.2, 0) is 9.59 Å². The van der Waals surface area contributed by atoms with E-state index in [4.69, 9.17) is 16.3 Å². The van der Waals surface area contributed by atoms with E-state index in [1.54, 1.807) is 25.1 Å². The van der Waals surface area contributed by atoms with Gasteiger partial charge >= 0.3 is 6.03 Å². The van der Waals surface area contributed by atoms with Crippen LogP contribution in [-0.4, -0.2) is 30.1 Å². The Kier molecular flexibility index (Phi) is 4.87. The summed E-state index contributed by atoms with van der Waals surface area (Å²) in [4.78, 5) is 38.1. The highest BCUT2D eigenvalue weighted by atomic mass is 35.5. The fourth-order valence-electron chi connectivity index (χ4n) is 2.59. The minimum Gasteiger partial charge on any atom is -0.504 e. The Morgan fingerprint density at radius 3 is 2.59 bits per heavy atom. The zero-order chi connectivity index (χ0) is 19.7. The third-order valence-electron chi connectivity index (χ3n) is 4.07. The molecule has 1 heterocycles. The molecule has 2 N–H and O–H groups in total. The van der Waals surface area contributed by atoms with Crippen LogP contribution in [0.1, 0.15) is 11.1 Å². The standard InChI is InChI=1S/C19H15ClN2O5/c1-10-6-7-12(9-14(10)20)22-18(25)13(17(24)21-19(22)26)8-11-4-3-5-15(27-2)16(11)23/h3-9,23H,1-2H3,(H,21,24,26)/b13-8+. The molecule has 2 aromatic rings. The van der Waals surface area contributed by atoms with Gasteiger partial charge < -0.3 is 9.84 Å². The zero-order valence-electron chi connectivity index (χ0n) is 14.4. The van der Waals surface area contributed by atoms with Crippen LogP contribution in [0, 0.1) is 6.92 Å². The summed E-state index contributed by atoms with van der Waals surface area (Å²) in [6.45, 7) is 1.78. The monoisotopic (exact) mass is 386 g/mol. The molecule has 0 bridgehead atoms. The molecule has 0 atom stereocenters. The summed E-state index contributed by atoms with van der Waals surface area (Å²) in [6, 6.07) is 8.43. The van der Waals surface area contributed by atoms with Gasteiger partial charge in [-0.05, 0) is 36.8 Å². The van der Waals surface area contributed by atoms with Crippen molar-refractivity contribution in [1.82, 2.24) is 5.32 Å². The van der Waals surface area contributed by atoms with Crippen molar-refractivity contribution in [2.24, 2.45) is 0 Å². The van der Waals surface area contributed by atoms with Gasteiger partial charge in [-0.3, -0.25) is 14.9 Å². The van der Waals surface area contributed by atoms with E-state index >= 15 is 0 Å². The summed E-state index contributed by atoms with van der Waals surface area (Å²) in [5, 5.41) is 12.7. The number of phenols is 1. The van der Waals surface area contributed by atoms with Crippen LogP contribution < -0.4 is 15.0 Å². The summed E-state index contributed by atoms with van der Waals surface area (Å²) in [5.41, 5.74) is 0.888. The van der Waals surface area contributed by atoms with Crippen LogP contribution in [0.15, 0.2) is 42.0 Å². The van der Waals surface area contributed by atoms with Gasteiger partial charge in [0.15, 0.2) is 11.5 Å². The lowest BCUT2D eigenvalue weighted by Gasteiger charge is -2.26. The molecule has 27 heavy (non-hydrogen) atoms. The van der Waals surface area contributed by atoms with Crippen LogP contribution in [0.3, 0.4) is 0 Å². The Bertz CT molecular complexity index is 1000. The van der Waals surface area contributed by atoms with Crippen molar-refractivity contribution >= 4 is 41.2 Å². The molecule has 0 spiro atoms. The molecule has 4 amide bonds. The van der Waals surface area contributed by atoms with Crippen molar-refractivity contribution in [3.8, 4) is 11.5 Å². The number of hydrogen-bond donors (Lipinski definition) is 2. The van der Waals surface area contributed by atoms with Crippen molar-refractivity contribution in [3.05, 3.63) is 58.1 Å². The molecule has 1 aliphatic rings. The Morgan fingerprint density at radius 2 is 1.93 bits per heavy atom. The largest absolute Gasteiger partial charge is 0.504 e. The molecule has 8 heteroatoms. The first-order valence-corrected chi connectivity index (χ1v) is 8.25. The number of carbonyl (C=O) groups excluding carboxylic acids is 3. The average molecular weight is 387 g/mol. The van der Waals surface area contributed by atoms with E-state index in [9.17, 15) is 19.5 Å². The molecule has 7 nitrogen and oxygen atoms in total. The summed E-state index contributed by atoms with van der Waals surface area (Å²) < 4.78 is 5.02. The SMILES string of the molecule is COc1cccc(/C=C2\C(=O)NC(=O)N(c3ccc(C)c(Cl)c3)C2=O)c1O. The molecular formula is C19H15ClN2O5. The number of aryl methyl sites for hydroxylation is 1. The van der Waals surface area contributed by atoms with Gasteiger partial charge in [0, 0.05) is 10.6 Å². The van der Waals surface area contributed by atoms with Gasteiger partial charge in [0.05, 0.1) is 12.8 Å². The first-order valence-electron chi connectivity index (χ1n) is 7.87. The van der Waals surface area contributed by atoms with Gasteiger partial charge in [-0.25, -0.2) is 9.69 Å². The number of imide groups is 2. The van der Waals surface area contributed by atoms with E-state index in [0.29, 0.717) is 5.02 Å². The maximum absolute atomic E-state index is 12.8. The van der Waals surface area contributed by atoms with Crippen LogP contribution in [0.4, 0.5) is 10.5 Å². The molecule has 0 saturated carbocycles. The second kappa shape index (κ2) is 7.13. The third kappa shape index (κ3) is 3.37. The predicted octanol–water partition coefficient (Wildman–Crippen LogP) is 3.03.